The van der Waals surface area contributed by atoms with Gasteiger partial charge in [-0.2, -0.15) is 11.8 Å². The lowest BCUT2D eigenvalue weighted by Crippen LogP contribution is -2.23. The number of rotatable bonds is 3. The van der Waals surface area contributed by atoms with E-state index < -0.39 is 0 Å². The summed E-state index contributed by atoms with van der Waals surface area (Å²) in [5.41, 5.74) is 2.09. The average molecular weight is 303 g/mol. The van der Waals surface area contributed by atoms with Crippen molar-refractivity contribution in [2.75, 3.05) is 19.0 Å². The largest absolute Gasteiger partial charge is 0.381 e. The number of aromatic nitrogens is 3. The number of imidazole rings is 1. The van der Waals surface area contributed by atoms with Gasteiger partial charge in [0, 0.05) is 25.3 Å². The molecular formula is C16H21N3OS. The molecule has 4 heterocycles. The van der Waals surface area contributed by atoms with Crippen molar-refractivity contribution in [1.82, 2.24) is 14.5 Å². The van der Waals surface area contributed by atoms with Crippen LogP contribution in [-0.4, -0.2) is 33.5 Å². The fraction of sp³-hybridized carbons (Fsp3) is 0.625. The minimum atomic E-state index is 0.545. The van der Waals surface area contributed by atoms with Crippen LogP contribution in [0.1, 0.15) is 36.8 Å². The van der Waals surface area contributed by atoms with E-state index in [0.29, 0.717) is 11.2 Å². The number of hydrogen-bond acceptors (Lipinski definition) is 4. The van der Waals surface area contributed by atoms with Crippen LogP contribution in [0.25, 0.3) is 11.2 Å². The van der Waals surface area contributed by atoms with Crippen molar-refractivity contribution in [3.05, 3.63) is 24.2 Å². The van der Waals surface area contributed by atoms with Crippen LogP contribution in [0.15, 0.2) is 18.3 Å². The van der Waals surface area contributed by atoms with Crippen molar-refractivity contribution in [3.63, 3.8) is 0 Å². The van der Waals surface area contributed by atoms with E-state index in [2.05, 4.69) is 15.6 Å². The van der Waals surface area contributed by atoms with Crippen molar-refractivity contribution in [1.29, 1.82) is 0 Å². The molecular weight excluding hydrogens is 282 g/mol. The Hall–Kier alpha value is -1.07. The van der Waals surface area contributed by atoms with Gasteiger partial charge >= 0.3 is 0 Å². The summed E-state index contributed by atoms with van der Waals surface area (Å²) in [5.74, 6) is 3.09. The Morgan fingerprint density at radius 2 is 2.33 bits per heavy atom. The summed E-state index contributed by atoms with van der Waals surface area (Å²) in [6, 6.07) is 4.06. The molecule has 5 heteroatoms. The van der Waals surface area contributed by atoms with Gasteiger partial charge in [0.25, 0.3) is 0 Å². The maximum absolute atomic E-state index is 5.65. The van der Waals surface area contributed by atoms with E-state index in [-0.39, 0.29) is 0 Å². The summed E-state index contributed by atoms with van der Waals surface area (Å²) in [6.07, 6.45) is 6.86. The van der Waals surface area contributed by atoms with E-state index in [1.54, 1.807) is 0 Å². The molecule has 2 fully saturated rings. The van der Waals surface area contributed by atoms with E-state index in [1.807, 2.05) is 24.0 Å². The summed E-state index contributed by atoms with van der Waals surface area (Å²) < 4.78 is 8.02. The highest BCUT2D eigenvalue weighted by atomic mass is 32.2. The number of ether oxygens (including phenoxy) is 1. The second-order valence-corrected chi connectivity index (χ2v) is 7.32. The van der Waals surface area contributed by atoms with Gasteiger partial charge in [-0.15, -0.1) is 0 Å². The summed E-state index contributed by atoms with van der Waals surface area (Å²) in [6.45, 7) is 2.80. The normalized spacial score (nSPS) is 26.5. The Morgan fingerprint density at radius 3 is 3.14 bits per heavy atom. The number of thioether (sulfide) groups is 1. The van der Waals surface area contributed by atoms with E-state index in [0.717, 1.165) is 30.9 Å². The van der Waals surface area contributed by atoms with Crippen LogP contribution < -0.4 is 0 Å². The summed E-state index contributed by atoms with van der Waals surface area (Å²) in [4.78, 5) is 9.49. The van der Waals surface area contributed by atoms with Gasteiger partial charge < -0.3 is 9.30 Å². The van der Waals surface area contributed by atoms with E-state index >= 15 is 0 Å². The highest BCUT2D eigenvalue weighted by Gasteiger charge is 2.26. The number of hydrogen-bond donors (Lipinski definition) is 0. The highest BCUT2D eigenvalue weighted by molar-refractivity contribution is 7.99. The minimum Gasteiger partial charge on any atom is -0.381 e. The molecule has 0 aromatic carbocycles. The first-order chi connectivity index (χ1) is 10.4. The van der Waals surface area contributed by atoms with Crippen molar-refractivity contribution >= 4 is 22.9 Å². The van der Waals surface area contributed by atoms with E-state index in [1.165, 1.54) is 37.3 Å². The van der Waals surface area contributed by atoms with Gasteiger partial charge in [0.1, 0.15) is 11.3 Å². The topological polar surface area (TPSA) is 39.9 Å². The number of nitrogens with zero attached hydrogens (tertiary/aromatic N) is 3. The van der Waals surface area contributed by atoms with Gasteiger partial charge in [-0.3, -0.25) is 0 Å². The zero-order valence-corrected chi connectivity index (χ0v) is 13.0. The lowest BCUT2D eigenvalue weighted by molar-refractivity contribution is 0.0484. The molecule has 112 valence electrons. The summed E-state index contributed by atoms with van der Waals surface area (Å²) in [5, 5.41) is 0.545. The molecule has 21 heavy (non-hydrogen) atoms. The van der Waals surface area contributed by atoms with Crippen molar-refractivity contribution in [2.45, 2.75) is 37.5 Å². The second-order valence-electron chi connectivity index (χ2n) is 6.01. The fourth-order valence-electron chi connectivity index (χ4n) is 3.39. The van der Waals surface area contributed by atoms with Gasteiger partial charge in [-0.25, -0.2) is 9.97 Å². The highest BCUT2D eigenvalue weighted by Crippen LogP contribution is 2.40. The molecule has 4 nitrogen and oxygen atoms in total. The quantitative estimate of drug-likeness (QED) is 0.871. The first-order valence-corrected chi connectivity index (χ1v) is 8.97. The Bertz CT molecular complexity index is 615. The summed E-state index contributed by atoms with van der Waals surface area (Å²) >= 11 is 2.04. The van der Waals surface area contributed by atoms with Crippen molar-refractivity contribution in [2.24, 2.45) is 5.92 Å². The maximum Gasteiger partial charge on any atom is 0.160 e. The standard InChI is InChI=1S/C16H21N3OS/c1-5-13-15(17-7-1)19(10-12-4-2-8-20-11-12)16(18-13)14-6-3-9-21-14/h1,5,7,12,14H,2-4,6,8-11H2. The number of pyridine rings is 1. The molecule has 4 rings (SSSR count). The molecule has 0 spiro atoms. The van der Waals surface area contributed by atoms with Crippen LogP contribution in [0.5, 0.6) is 0 Å². The monoisotopic (exact) mass is 303 g/mol. The predicted octanol–water partition coefficient (Wildman–Crippen LogP) is 3.43. The molecule has 0 amide bonds. The molecule has 0 bridgehead atoms. The van der Waals surface area contributed by atoms with Crippen LogP contribution in [0.3, 0.4) is 0 Å². The van der Waals surface area contributed by atoms with E-state index in [9.17, 15) is 0 Å². The average Bonchev–Trinajstić information content (AvgIpc) is 3.16. The molecule has 2 saturated heterocycles. The Labute approximate surface area is 129 Å². The molecule has 2 atom stereocenters. The third kappa shape index (κ3) is 2.69. The zero-order chi connectivity index (χ0) is 14.1. The predicted molar refractivity (Wildman–Crippen MR) is 85.5 cm³/mol. The smallest absolute Gasteiger partial charge is 0.160 e. The molecule has 0 saturated carbocycles. The molecule has 2 aromatic heterocycles. The first-order valence-electron chi connectivity index (χ1n) is 7.92. The van der Waals surface area contributed by atoms with Crippen LogP contribution in [0, 0.1) is 5.92 Å². The SMILES string of the molecule is c1cnc2c(c1)nc(C1CCCS1)n2CC1CCCOC1. The van der Waals surface area contributed by atoms with E-state index in [4.69, 9.17) is 9.72 Å². The molecule has 0 radical (unpaired) electrons. The van der Waals surface area contributed by atoms with Crippen LogP contribution in [0.4, 0.5) is 0 Å². The van der Waals surface area contributed by atoms with Crippen LogP contribution in [-0.2, 0) is 11.3 Å². The molecule has 2 aromatic rings. The third-order valence-electron chi connectivity index (χ3n) is 4.45. The fourth-order valence-corrected chi connectivity index (χ4v) is 4.67. The molecule has 2 aliphatic rings. The van der Waals surface area contributed by atoms with Crippen molar-refractivity contribution in [3.8, 4) is 0 Å². The Balaban J connectivity index is 1.70. The lowest BCUT2D eigenvalue weighted by atomic mass is 10.0. The zero-order valence-electron chi connectivity index (χ0n) is 12.2. The molecule has 2 unspecified atom stereocenters. The minimum absolute atomic E-state index is 0.545. The van der Waals surface area contributed by atoms with Crippen LogP contribution in [0.2, 0.25) is 0 Å². The van der Waals surface area contributed by atoms with Gasteiger partial charge in [0.15, 0.2) is 5.65 Å². The maximum atomic E-state index is 5.65. The van der Waals surface area contributed by atoms with Crippen molar-refractivity contribution < 1.29 is 4.74 Å². The molecule has 0 N–H and O–H groups in total. The van der Waals surface area contributed by atoms with Gasteiger partial charge in [0.2, 0.25) is 0 Å². The first kappa shape index (κ1) is 13.6. The summed E-state index contributed by atoms with van der Waals surface area (Å²) in [7, 11) is 0. The Morgan fingerprint density at radius 1 is 1.33 bits per heavy atom. The molecule has 2 aliphatic heterocycles. The second kappa shape index (κ2) is 5.97. The lowest BCUT2D eigenvalue weighted by Gasteiger charge is -2.24. The molecule has 0 aliphatic carbocycles. The third-order valence-corrected chi connectivity index (χ3v) is 5.82. The van der Waals surface area contributed by atoms with Crippen LogP contribution >= 0.6 is 11.8 Å². The van der Waals surface area contributed by atoms with Gasteiger partial charge in [-0.1, -0.05) is 0 Å². The Kier molecular flexibility index (Phi) is 3.86. The van der Waals surface area contributed by atoms with Gasteiger partial charge in [-0.05, 0) is 43.6 Å². The number of fused-ring (bicyclic) bond motifs is 1. The van der Waals surface area contributed by atoms with Gasteiger partial charge in [0.05, 0.1) is 11.9 Å².